The monoisotopic (exact) mass is 306 g/mol. The van der Waals surface area contributed by atoms with E-state index in [0.717, 1.165) is 32.0 Å². The van der Waals surface area contributed by atoms with Crippen LogP contribution in [0.5, 0.6) is 0 Å². The number of fused-ring (bicyclic) bond motifs is 1. The third kappa shape index (κ3) is 3.01. The number of carbonyl (C=O) groups is 2. The lowest BCUT2D eigenvalue weighted by atomic mass is 10.1. The molecule has 2 saturated heterocycles. The lowest BCUT2D eigenvalue weighted by Gasteiger charge is -2.21. The summed E-state index contributed by atoms with van der Waals surface area (Å²) in [5.41, 5.74) is 0.668. The number of amides is 1. The van der Waals surface area contributed by atoms with Crippen molar-refractivity contribution in [3.63, 3.8) is 0 Å². The molecule has 0 aromatic carbocycles. The summed E-state index contributed by atoms with van der Waals surface area (Å²) in [5.74, 6) is -1.10. The highest BCUT2D eigenvalue weighted by Crippen LogP contribution is 2.28. The molecule has 2 aliphatic rings. The first kappa shape index (κ1) is 14.3. The molecular weight excluding hydrogens is 288 g/mol. The van der Waals surface area contributed by atoms with Gasteiger partial charge in [-0.15, -0.1) is 11.3 Å². The van der Waals surface area contributed by atoms with Gasteiger partial charge in [0.25, 0.3) is 5.91 Å². The molecule has 0 bridgehead atoms. The minimum Gasteiger partial charge on any atom is -0.478 e. The van der Waals surface area contributed by atoms with Gasteiger partial charge in [0.1, 0.15) is 0 Å². The van der Waals surface area contributed by atoms with E-state index < -0.39 is 5.97 Å². The lowest BCUT2D eigenvalue weighted by Crippen LogP contribution is -2.42. The van der Waals surface area contributed by atoms with E-state index in [1.54, 1.807) is 6.07 Å². The number of nitrogens with zero attached hydrogens (tertiary/aromatic N) is 1. The van der Waals surface area contributed by atoms with E-state index >= 15 is 0 Å². The number of aliphatic carboxylic acids is 1. The topological polar surface area (TPSA) is 69.6 Å². The van der Waals surface area contributed by atoms with Crippen molar-refractivity contribution in [1.82, 2.24) is 10.2 Å². The van der Waals surface area contributed by atoms with Crippen LogP contribution in [0.25, 0.3) is 6.08 Å². The minimum absolute atomic E-state index is 0.0891. The zero-order chi connectivity index (χ0) is 14.8. The first-order valence-corrected chi connectivity index (χ1v) is 8.06. The number of hydrogen-bond donors (Lipinski definition) is 2. The molecule has 2 aliphatic heterocycles. The fourth-order valence-corrected chi connectivity index (χ4v) is 4.07. The Hall–Kier alpha value is -1.66. The number of hydrogen-bond acceptors (Lipinski definition) is 4. The Kier molecular flexibility index (Phi) is 4.07. The average molecular weight is 306 g/mol. The van der Waals surface area contributed by atoms with Crippen LogP contribution < -0.4 is 5.32 Å². The van der Waals surface area contributed by atoms with E-state index in [4.69, 9.17) is 5.11 Å². The van der Waals surface area contributed by atoms with Crippen molar-refractivity contribution in [3.05, 3.63) is 28.0 Å². The molecule has 2 atom stereocenters. The molecular formula is C15H18N2O3S. The first-order valence-electron chi connectivity index (χ1n) is 7.18. The van der Waals surface area contributed by atoms with Crippen LogP contribution in [0.4, 0.5) is 0 Å². The number of carboxylic acids is 1. The molecule has 5 nitrogen and oxygen atoms in total. The second kappa shape index (κ2) is 5.99. The molecule has 1 aromatic heterocycles. The van der Waals surface area contributed by atoms with E-state index in [1.165, 1.54) is 23.8 Å². The normalized spacial score (nSPS) is 25.3. The van der Waals surface area contributed by atoms with Gasteiger partial charge in [-0.05, 0) is 48.9 Å². The van der Waals surface area contributed by atoms with E-state index in [9.17, 15) is 9.59 Å². The second-order valence-electron chi connectivity index (χ2n) is 5.49. The third-order valence-corrected chi connectivity index (χ3v) is 5.16. The Labute approximate surface area is 127 Å². The molecule has 6 heteroatoms. The summed E-state index contributed by atoms with van der Waals surface area (Å²) < 4.78 is 0. The molecule has 3 rings (SSSR count). The zero-order valence-corrected chi connectivity index (χ0v) is 12.4. The largest absolute Gasteiger partial charge is 0.478 e. The van der Waals surface area contributed by atoms with E-state index in [2.05, 4.69) is 10.2 Å². The Morgan fingerprint density at radius 2 is 2.24 bits per heavy atom. The Balaban J connectivity index is 1.68. The summed E-state index contributed by atoms with van der Waals surface area (Å²) >= 11 is 1.35. The molecule has 3 heterocycles. The standard InChI is InChI=1S/C15H18N2O3S/c18-13(19)4-3-10-6-9-21-14(10)15(20)16-11-5-8-17-7-1-2-12(11)17/h3-4,6,9,11-12H,1-2,5,7-8H2,(H,16,20)(H,18,19). The molecule has 2 N–H and O–H groups in total. The summed E-state index contributed by atoms with van der Waals surface area (Å²) in [7, 11) is 0. The van der Waals surface area contributed by atoms with Gasteiger partial charge in [0.2, 0.25) is 0 Å². The van der Waals surface area contributed by atoms with Gasteiger partial charge in [-0.3, -0.25) is 9.69 Å². The fourth-order valence-electron chi connectivity index (χ4n) is 3.28. The number of rotatable bonds is 4. The van der Waals surface area contributed by atoms with Crippen molar-refractivity contribution in [2.45, 2.75) is 31.3 Å². The van der Waals surface area contributed by atoms with Crippen molar-refractivity contribution >= 4 is 29.3 Å². The number of carboxylic acid groups (broad SMARTS) is 1. The van der Waals surface area contributed by atoms with Crippen LogP contribution in [0.1, 0.15) is 34.5 Å². The van der Waals surface area contributed by atoms with Gasteiger partial charge in [-0.1, -0.05) is 0 Å². The van der Waals surface area contributed by atoms with Crippen molar-refractivity contribution in [2.24, 2.45) is 0 Å². The van der Waals surface area contributed by atoms with Crippen LogP contribution in [0.15, 0.2) is 17.5 Å². The zero-order valence-electron chi connectivity index (χ0n) is 11.6. The Morgan fingerprint density at radius 1 is 1.38 bits per heavy atom. The summed E-state index contributed by atoms with van der Waals surface area (Å²) in [4.78, 5) is 26.0. The molecule has 2 unspecified atom stereocenters. The molecule has 21 heavy (non-hydrogen) atoms. The quantitative estimate of drug-likeness (QED) is 0.833. The van der Waals surface area contributed by atoms with Gasteiger partial charge in [0, 0.05) is 24.7 Å². The number of thiophene rings is 1. The number of carbonyl (C=O) groups excluding carboxylic acids is 1. The molecule has 0 radical (unpaired) electrons. The fraction of sp³-hybridized carbons (Fsp3) is 0.467. The van der Waals surface area contributed by atoms with Crippen molar-refractivity contribution in [1.29, 1.82) is 0 Å². The second-order valence-corrected chi connectivity index (χ2v) is 6.41. The molecule has 1 aromatic rings. The van der Waals surface area contributed by atoms with Gasteiger partial charge >= 0.3 is 5.97 Å². The number of nitrogens with one attached hydrogen (secondary N) is 1. The highest BCUT2D eigenvalue weighted by molar-refractivity contribution is 7.12. The predicted octanol–water partition coefficient (Wildman–Crippen LogP) is 1.81. The van der Waals surface area contributed by atoms with Gasteiger partial charge in [0.15, 0.2) is 0 Å². The van der Waals surface area contributed by atoms with Gasteiger partial charge in [-0.2, -0.15) is 0 Å². The molecule has 0 aliphatic carbocycles. The summed E-state index contributed by atoms with van der Waals surface area (Å²) in [5, 5.41) is 13.6. The van der Waals surface area contributed by atoms with E-state index in [0.29, 0.717) is 16.5 Å². The summed E-state index contributed by atoms with van der Waals surface area (Å²) in [6.07, 6.45) is 5.91. The van der Waals surface area contributed by atoms with Crippen LogP contribution in [0, 0.1) is 0 Å². The van der Waals surface area contributed by atoms with Crippen molar-refractivity contribution in [2.75, 3.05) is 13.1 Å². The van der Waals surface area contributed by atoms with Gasteiger partial charge < -0.3 is 10.4 Å². The maximum Gasteiger partial charge on any atom is 0.328 e. The van der Waals surface area contributed by atoms with E-state index in [1.807, 2.05) is 5.38 Å². The summed E-state index contributed by atoms with van der Waals surface area (Å²) in [6.45, 7) is 2.20. The molecule has 2 fully saturated rings. The molecule has 0 saturated carbocycles. The van der Waals surface area contributed by atoms with Crippen molar-refractivity contribution in [3.8, 4) is 0 Å². The maximum atomic E-state index is 12.4. The van der Waals surface area contributed by atoms with Crippen LogP contribution >= 0.6 is 11.3 Å². The van der Waals surface area contributed by atoms with Crippen LogP contribution in [-0.2, 0) is 4.79 Å². The third-order valence-electron chi connectivity index (χ3n) is 4.23. The first-order chi connectivity index (χ1) is 10.1. The molecule has 112 valence electrons. The predicted molar refractivity (Wildman–Crippen MR) is 81.5 cm³/mol. The van der Waals surface area contributed by atoms with Crippen LogP contribution in [-0.4, -0.2) is 47.1 Å². The van der Waals surface area contributed by atoms with Crippen LogP contribution in [0.3, 0.4) is 0 Å². The maximum absolute atomic E-state index is 12.4. The lowest BCUT2D eigenvalue weighted by molar-refractivity contribution is -0.131. The highest BCUT2D eigenvalue weighted by Gasteiger charge is 2.38. The SMILES string of the molecule is O=C(O)C=Cc1ccsc1C(=O)NC1CCN2CCCC12. The van der Waals surface area contributed by atoms with Gasteiger partial charge in [0.05, 0.1) is 4.88 Å². The Bertz CT molecular complexity index is 581. The Morgan fingerprint density at radius 3 is 3.05 bits per heavy atom. The van der Waals surface area contributed by atoms with Crippen molar-refractivity contribution < 1.29 is 14.7 Å². The summed E-state index contributed by atoms with van der Waals surface area (Å²) in [6, 6.07) is 2.47. The average Bonchev–Trinajstić information content (AvgIpc) is 3.13. The highest BCUT2D eigenvalue weighted by atomic mass is 32.1. The minimum atomic E-state index is -1.01. The van der Waals surface area contributed by atoms with Crippen LogP contribution in [0.2, 0.25) is 0 Å². The van der Waals surface area contributed by atoms with Gasteiger partial charge in [-0.25, -0.2) is 4.79 Å². The molecule has 0 spiro atoms. The van der Waals surface area contributed by atoms with E-state index in [-0.39, 0.29) is 11.9 Å². The smallest absolute Gasteiger partial charge is 0.328 e. The molecule has 1 amide bonds.